The Kier molecular flexibility index (Phi) is 4.51. The minimum atomic E-state index is -0.342. The van der Waals surface area contributed by atoms with Crippen molar-refractivity contribution in [1.29, 1.82) is 5.26 Å². The predicted molar refractivity (Wildman–Crippen MR) is 64.0 cm³/mol. The van der Waals surface area contributed by atoms with Crippen molar-refractivity contribution < 1.29 is 9.53 Å². The maximum absolute atomic E-state index is 11.2. The zero-order valence-corrected chi connectivity index (χ0v) is 10.8. The van der Waals surface area contributed by atoms with E-state index in [1.807, 2.05) is 13.0 Å². The van der Waals surface area contributed by atoms with E-state index in [4.69, 9.17) is 5.26 Å². The lowest BCUT2D eigenvalue weighted by molar-refractivity contribution is -0.139. The van der Waals surface area contributed by atoms with Crippen LogP contribution in [0.3, 0.4) is 0 Å². The quantitative estimate of drug-likeness (QED) is 0.801. The number of methoxy groups -OCH3 is 1. The second kappa shape index (κ2) is 5.66. The molecule has 0 unspecified atom stereocenters. The molecule has 1 aromatic carbocycles. The second-order valence-corrected chi connectivity index (χ2v) is 4.08. The summed E-state index contributed by atoms with van der Waals surface area (Å²) in [6.45, 7) is 2.02. The van der Waals surface area contributed by atoms with Crippen LogP contribution in [0.1, 0.15) is 23.6 Å². The van der Waals surface area contributed by atoms with Crippen LogP contribution in [0.5, 0.6) is 0 Å². The molecule has 1 aromatic rings. The lowest BCUT2D eigenvalue weighted by atomic mass is 10.0. The molecular formula is C12H12BrNO2. The number of ether oxygens (including phenoxy) is 1. The van der Waals surface area contributed by atoms with Gasteiger partial charge in [-0.15, -0.1) is 0 Å². The van der Waals surface area contributed by atoms with Gasteiger partial charge in [0.1, 0.15) is 0 Å². The summed E-state index contributed by atoms with van der Waals surface area (Å²) < 4.78 is 5.45. The maximum atomic E-state index is 11.2. The fraction of sp³-hybridized carbons (Fsp3) is 0.333. The molecule has 0 spiro atoms. The first-order valence-corrected chi connectivity index (χ1v) is 5.70. The number of hydrogen-bond acceptors (Lipinski definition) is 3. The van der Waals surface area contributed by atoms with Crippen LogP contribution in [0.15, 0.2) is 16.6 Å². The van der Waals surface area contributed by atoms with E-state index >= 15 is 0 Å². The van der Waals surface area contributed by atoms with Crippen LogP contribution in [-0.2, 0) is 22.4 Å². The van der Waals surface area contributed by atoms with Crippen LogP contribution in [0.2, 0.25) is 0 Å². The average molecular weight is 282 g/mol. The Morgan fingerprint density at radius 1 is 1.56 bits per heavy atom. The van der Waals surface area contributed by atoms with Crippen LogP contribution in [0.4, 0.5) is 0 Å². The fourth-order valence-corrected chi connectivity index (χ4v) is 2.20. The van der Waals surface area contributed by atoms with E-state index in [1.54, 1.807) is 6.07 Å². The van der Waals surface area contributed by atoms with Crippen molar-refractivity contribution in [3.8, 4) is 6.07 Å². The largest absolute Gasteiger partial charge is 0.469 e. The molecule has 0 fully saturated rings. The molecule has 16 heavy (non-hydrogen) atoms. The third kappa shape index (κ3) is 2.61. The molecule has 0 amide bonds. The Bertz CT molecular complexity index is 449. The highest BCUT2D eigenvalue weighted by Crippen LogP contribution is 2.26. The molecule has 0 aliphatic heterocycles. The minimum absolute atomic E-state index is 0.119. The van der Waals surface area contributed by atoms with E-state index in [-0.39, 0.29) is 12.4 Å². The van der Waals surface area contributed by atoms with Gasteiger partial charge in [0.2, 0.25) is 0 Å². The van der Waals surface area contributed by atoms with Crippen LogP contribution in [-0.4, -0.2) is 13.1 Å². The van der Waals surface area contributed by atoms with E-state index < -0.39 is 0 Å². The van der Waals surface area contributed by atoms with E-state index in [9.17, 15) is 4.79 Å². The van der Waals surface area contributed by atoms with Crippen LogP contribution in [0.25, 0.3) is 0 Å². The Morgan fingerprint density at radius 2 is 2.25 bits per heavy atom. The summed E-state index contributed by atoms with van der Waals surface area (Å²) >= 11 is 3.43. The summed E-state index contributed by atoms with van der Waals surface area (Å²) in [5.41, 5.74) is 2.29. The molecule has 0 saturated heterocycles. The topological polar surface area (TPSA) is 50.1 Å². The lowest BCUT2D eigenvalue weighted by Crippen LogP contribution is -2.07. The van der Waals surface area contributed by atoms with Gasteiger partial charge in [-0.05, 0) is 23.6 Å². The number of benzene rings is 1. The predicted octanol–water partition coefficient (Wildman–Crippen LogP) is 2.60. The molecule has 0 aliphatic rings. The molecule has 0 atom stereocenters. The van der Waals surface area contributed by atoms with E-state index in [0.29, 0.717) is 11.1 Å². The van der Waals surface area contributed by atoms with Gasteiger partial charge in [-0.3, -0.25) is 4.79 Å². The first kappa shape index (κ1) is 12.7. The molecule has 4 heteroatoms. The molecular weight excluding hydrogens is 270 g/mol. The molecule has 0 radical (unpaired) electrons. The smallest absolute Gasteiger partial charge is 0.310 e. The van der Waals surface area contributed by atoms with Crippen molar-refractivity contribution >= 4 is 21.9 Å². The van der Waals surface area contributed by atoms with Crippen molar-refractivity contribution in [3.63, 3.8) is 0 Å². The Balaban J connectivity index is 3.22. The van der Waals surface area contributed by atoms with Crippen LogP contribution >= 0.6 is 15.9 Å². The summed E-state index contributed by atoms with van der Waals surface area (Å²) in [6, 6.07) is 5.71. The van der Waals surface area contributed by atoms with Crippen molar-refractivity contribution in [2.75, 3.05) is 7.11 Å². The minimum Gasteiger partial charge on any atom is -0.469 e. The van der Waals surface area contributed by atoms with E-state index in [1.165, 1.54) is 7.11 Å². The summed E-state index contributed by atoms with van der Waals surface area (Å²) in [5, 5.41) is 8.97. The number of aryl methyl sites for hydroxylation is 1. The number of carbonyl (C=O) groups is 1. The monoisotopic (exact) mass is 281 g/mol. The fourth-order valence-electron chi connectivity index (χ4n) is 1.44. The number of nitrogens with zero attached hydrogens (tertiary/aromatic N) is 1. The summed E-state index contributed by atoms with van der Waals surface area (Å²) in [7, 11) is 1.34. The summed E-state index contributed by atoms with van der Waals surface area (Å²) in [6.07, 6.45) is 0.967. The van der Waals surface area contributed by atoms with E-state index in [0.717, 1.165) is 16.5 Å². The third-order valence-corrected chi connectivity index (χ3v) is 3.36. The number of halogens is 1. The van der Waals surface area contributed by atoms with Gasteiger partial charge in [-0.2, -0.15) is 5.26 Å². The Labute approximate surface area is 103 Å². The van der Waals surface area contributed by atoms with Crippen molar-refractivity contribution in [3.05, 3.63) is 33.3 Å². The zero-order valence-electron chi connectivity index (χ0n) is 9.21. The number of esters is 1. The molecule has 0 aliphatic carbocycles. The standard InChI is InChI=1S/C12H12BrNO2/c1-3-8-4-5-9(7-14)10(12(8)13)6-11(15)16-2/h4-5H,3,6H2,1-2H3. The van der Waals surface area contributed by atoms with Crippen LogP contribution in [0, 0.1) is 11.3 Å². The number of nitriles is 1. The highest BCUT2D eigenvalue weighted by molar-refractivity contribution is 9.10. The Morgan fingerprint density at radius 3 is 2.75 bits per heavy atom. The molecule has 0 saturated carbocycles. The van der Waals surface area contributed by atoms with E-state index in [2.05, 4.69) is 26.7 Å². The average Bonchev–Trinajstić information content (AvgIpc) is 2.31. The molecule has 0 N–H and O–H groups in total. The van der Waals surface area contributed by atoms with Gasteiger partial charge in [0.25, 0.3) is 0 Å². The van der Waals surface area contributed by atoms with Gasteiger partial charge in [-0.25, -0.2) is 0 Å². The molecule has 1 rings (SSSR count). The second-order valence-electron chi connectivity index (χ2n) is 3.28. The molecule has 0 heterocycles. The van der Waals surface area contributed by atoms with Crippen LogP contribution < -0.4 is 0 Å². The molecule has 0 bridgehead atoms. The van der Waals surface area contributed by atoms with Gasteiger partial charge in [0.15, 0.2) is 0 Å². The van der Waals surface area contributed by atoms with Crippen molar-refractivity contribution in [2.24, 2.45) is 0 Å². The highest BCUT2D eigenvalue weighted by Gasteiger charge is 2.14. The third-order valence-electron chi connectivity index (χ3n) is 2.37. The Hall–Kier alpha value is -1.34. The SMILES string of the molecule is CCc1ccc(C#N)c(CC(=O)OC)c1Br. The lowest BCUT2D eigenvalue weighted by Gasteiger charge is -2.09. The van der Waals surface area contributed by atoms with Gasteiger partial charge in [-0.1, -0.05) is 28.9 Å². The summed E-state index contributed by atoms with van der Waals surface area (Å²) in [4.78, 5) is 11.2. The zero-order chi connectivity index (χ0) is 12.1. The summed E-state index contributed by atoms with van der Waals surface area (Å²) in [5.74, 6) is -0.342. The van der Waals surface area contributed by atoms with Crippen molar-refractivity contribution in [2.45, 2.75) is 19.8 Å². The molecule has 3 nitrogen and oxygen atoms in total. The number of rotatable bonds is 3. The number of hydrogen-bond donors (Lipinski definition) is 0. The van der Waals surface area contributed by atoms with Gasteiger partial charge >= 0.3 is 5.97 Å². The first-order valence-electron chi connectivity index (χ1n) is 4.91. The number of carbonyl (C=O) groups excluding carboxylic acids is 1. The molecule has 0 aromatic heterocycles. The maximum Gasteiger partial charge on any atom is 0.310 e. The first-order chi connectivity index (χ1) is 7.63. The van der Waals surface area contributed by atoms with Gasteiger partial charge in [0, 0.05) is 4.47 Å². The van der Waals surface area contributed by atoms with Gasteiger partial charge < -0.3 is 4.74 Å². The normalized spacial score (nSPS) is 9.62. The molecule has 84 valence electrons. The van der Waals surface area contributed by atoms with Gasteiger partial charge in [0.05, 0.1) is 25.2 Å². The van der Waals surface area contributed by atoms with Crippen molar-refractivity contribution in [1.82, 2.24) is 0 Å². The highest BCUT2D eigenvalue weighted by atomic mass is 79.9.